The van der Waals surface area contributed by atoms with Gasteiger partial charge in [-0.05, 0) is 5.46 Å². The second kappa shape index (κ2) is 5.49. The molecule has 0 heterocycles. The third-order valence-electron chi connectivity index (χ3n) is 2.36. The van der Waals surface area contributed by atoms with Gasteiger partial charge in [0.2, 0.25) is 0 Å². The van der Waals surface area contributed by atoms with Crippen LogP contribution in [0.1, 0.15) is 20.7 Å². The van der Waals surface area contributed by atoms with Crippen molar-refractivity contribution in [1.82, 2.24) is 0 Å². The molecule has 0 radical (unpaired) electrons. The smallest absolute Gasteiger partial charge is 0.423 e. The maximum absolute atomic E-state index is 12.4. The minimum Gasteiger partial charge on any atom is -0.423 e. The lowest BCUT2D eigenvalue weighted by Gasteiger charge is -2.15. The number of Topliss-reactive ketones (excluding diaryl/α,β-unsaturated/α-hetero) is 2. The topological polar surface area (TPSA) is 74.6 Å². The van der Waals surface area contributed by atoms with Crippen molar-refractivity contribution < 1.29 is 46.0 Å². The average Bonchev–Trinajstić information content (AvgIpc) is 2.33. The highest BCUT2D eigenvalue weighted by molar-refractivity contribution is 6.60. The highest BCUT2D eigenvalue weighted by atomic mass is 19.4. The van der Waals surface area contributed by atoms with Crippen molar-refractivity contribution in [2.24, 2.45) is 0 Å². The summed E-state index contributed by atoms with van der Waals surface area (Å²) in [5, 5.41) is 17.7. The predicted octanol–water partition coefficient (Wildman–Crippen LogP) is 0.856. The Morgan fingerprint density at radius 3 is 1.76 bits per heavy atom. The molecule has 0 fully saturated rings. The molecule has 0 amide bonds. The molecule has 0 bridgehead atoms. The highest BCUT2D eigenvalue weighted by Crippen LogP contribution is 2.27. The Morgan fingerprint density at radius 1 is 0.905 bits per heavy atom. The Morgan fingerprint density at radius 2 is 1.38 bits per heavy atom. The third-order valence-corrected chi connectivity index (χ3v) is 2.36. The van der Waals surface area contributed by atoms with Crippen molar-refractivity contribution >= 4 is 24.1 Å². The summed E-state index contributed by atoms with van der Waals surface area (Å²) >= 11 is 0. The van der Waals surface area contributed by atoms with Crippen LogP contribution in [0.3, 0.4) is 0 Å². The Hall–Kier alpha value is -1.88. The number of benzene rings is 1. The number of hydrogen-bond donors (Lipinski definition) is 2. The van der Waals surface area contributed by atoms with Gasteiger partial charge in [-0.15, -0.1) is 0 Å². The summed E-state index contributed by atoms with van der Waals surface area (Å²) in [4.78, 5) is 22.3. The van der Waals surface area contributed by atoms with Gasteiger partial charge >= 0.3 is 19.5 Å². The molecule has 4 nitrogen and oxygen atoms in total. The van der Waals surface area contributed by atoms with E-state index >= 15 is 0 Å². The van der Waals surface area contributed by atoms with Crippen LogP contribution in [0, 0.1) is 0 Å². The second-order valence-corrected chi connectivity index (χ2v) is 3.80. The minimum atomic E-state index is -5.59. The zero-order chi connectivity index (χ0) is 16.6. The van der Waals surface area contributed by atoms with Crippen molar-refractivity contribution in [2.45, 2.75) is 12.4 Å². The second-order valence-electron chi connectivity index (χ2n) is 3.80. The fourth-order valence-corrected chi connectivity index (χ4v) is 1.52. The molecule has 0 aliphatic heterocycles. The van der Waals surface area contributed by atoms with E-state index in [1.165, 1.54) is 0 Å². The molecule has 0 saturated heterocycles. The van der Waals surface area contributed by atoms with Gasteiger partial charge in [-0.3, -0.25) is 9.59 Å². The minimum absolute atomic E-state index is 0.348. The number of rotatable bonds is 3. The van der Waals surface area contributed by atoms with Crippen molar-refractivity contribution in [3.05, 3.63) is 29.3 Å². The van der Waals surface area contributed by atoms with E-state index in [1.54, 1.807) is 0 Å². The lowest BCUT2D eigenvalue weighted by atomic mass is 9.74. The van der Waals surface area contributed by atoms with E-state index < -0.39 is 47.6 Å². The van der Waals surface area contributed by atoms with Crippen LogP contribution in [-0.2, 0) is 0 Å². The standard InChI is InChI=1S/C10H5BF6O4/c12-9(13,14)7(18)4-2-1-3-5(11(20)21)6(4)8(19)10(15,16)17/h1-3,20-21H. The number of alkyl halides is 6. The monoisotopic (exact) mass is 314 g/mol. The molecule has 1 aromatic rings. The molecule has 11 heteroatoms. The number of halogens is 6. The summed E-state index contributed by atoms with van der Waals surface area (Å²) in [6.45, 7) is 0. The van der Waals surface area contributed by atoms with Gasteiger partial charge in [-0.2, -0.15) is 26.3 Å². The van der Waals surface area contributed by atoms with Crippen LogP contribution in [0.4, 0.5) is 26.3 Å². The Bertz CT molecular complexity index is 578. The molecule has 114 valence electrons. The summed E-state index contributed by atoms with van der Waals surface area (Å²) < 4.78 is 74.3. The molecule has 0 spiro atoms. The molecular formula is C10H5BF6O4. The Balaban J connectivity index is 3.64. The molecule has 21 heavy (non-hydrogen) atoms. The maximum Gasteiger partial charge on any atom is 0.489 e. The van der Waals surface area contributed by atoms with Gasteiger partial charge in [0.25, 0.3) is 11.6 Å². The van der Waals surface area contributed by atoms with Crippen molar-refractivity contribution in [3.63, 3.8) is 0 Å². The zero-order valence-corrected chi connectivity index (χ0v) is 9.79. The maximum atomic E-state index is 12.4. The van der Waals surface area contributed by atoms with E-state index in [0.717, 1.165) is 0 Å². The first-order valence-electron chi connectivity index (χ1n) is 5.09. The first kappa shape index (κ1) is 17.2. The van der Waals surface area contributed by atoms with E-state index in [1.807, 2.05) is 0 Å². The first-order valence-corrected chi connectivity index (χ1v) is 5.09. The number of hydrogen-bond acceptors (Lipinski definition) is 4. The molecule has 2 N–H and O–H groups in total. The molecule has 0 atom stereocenters. The van der Waals surface area contributed by atoms with Crippen LogP contribution in [0.15, 0.2) is 18.2 Å². The van der Waals surface area contributed by atoms with E-state index in [2.05, 4.69) is 0 Å². The molecule has 1 aromatic carbocycles. The van der Waals surface area contributed by atoms with Gasteiger partial charge in [0, 0.05) is 11.1 Å². The lowest BCUT2D eigenvalue weighted by Crippen LogP contribution is -2.41. The first-order chi connectivity index (χ1) is 9.37. The van der Waals surface area contributed by atoms with Crippen LogP contribution >= 0.6 is 0 Å². The normalized spacial score (nSPS) is 12.2. The molecule has 0 unspecified atom stereocenters. The summed E-state index contributed by atoms with van der Waals surface area (Å²) in [6.07, 6.45) is -11.1. The molecule has 0 aliphatic rings. The fraction of sp³-hybridized carbons (Fsp3) is 0.200. The van der Waals surface area contributed by atoms with Crippen molar-refractivity contribution in [2.75, 3.05) is 0 Å². The number of ketones is 2. The predicted molar refractivity (Wildman–Crippen MR) is 57.0 cm³/mol. The Kier molecular flexibility index (Phi) is 4.49. The van der Waals surface area contributed by atoms with E-state index in [9.17, 15) is 35.9 Å². The van der Waals surface area contributed by atoms with E-state index in [0.29, 0.717) is 18.2 Å². The van der Waals surface area contributed by atoms with Gasteiger partial charge in [-0.25, -0.2) is 0 Å². The summed E-state index contributed by atoms with van der Waals surface area (Å²) in [7, 11) is -2.66. The van der Waals surface area contributed by atoms with Gasteiger partial charge in [-0.1, -0.05) is 18.2 Å². The zero-order valence-electron chi connectivity index (χ0n) is 9.79. The summed E-state index contributed by atoms with van der Waals surface area (Å²) in [5.74, 6) is -5.48. The van der Waals surface area contributed by atoms with E-state index in [4.69, 9.17) is 10.0 Å². The highest BCUT2D eigenvalue weighted by Gasteiger charge is 2.47. The summed E-state index contributed by atoms with van der Waals surface area (Å²) in [5.41, 5.74) is -4.48. The quantitative estimate of drug-likeness (QED) is 0.493. The molecule has 1 rings (SSSR count). The van der Waals surface area contributed by atoms with E-state index in [-0.39, 0.29) is 0 Å². The van der Waals surface area contributed by atoms with Gasteiger partial charge in [0.1, 0.15) is 0 Å². The van der Waals surface area contributed by atoms with Crippen molar-refractivity contribution in [3.8, 4) is 0 Å². The number of carbonyl (C=O) groups excluding carboxylic acids is 2. The van der Waals surface area contributed by atoms with Gasteiger partial charge in [0.05, 0.1) is 0 Å². The molecule has 0 aromatic heterocycles. The van der Waals surface area contributed by atoms with Crippen molar-refractivity contribution in [1.29, 1.82) is 0 Å². The van der Waals surface area contributed by atoms with Crippen LogP contribution < -0.4 is 5.46 Å². The lowest BCUT2D eigenvalue weighted by molar-refractivity contribution is -0.0907. The summed E-state index contributed by atoms with van der Waals surface area (Å²) in [6, 6.07) is 1.64. The van der Waals surface area contributed by atoms with Crippen LogP contribution in [0.2, 0.25) is 0 Å². The van der Waals surface area contributed by atoms with Gasteiger partial charge < -0.3 is 10.0 Å². The molecule has 0 saturated carbocycles. The van der Waals surface area contributed by atoms with Gasteiger partial charge in [0.15, 0.2) is 0 Å². The molecule has 0 aliphatic carbocycles. The molecular weight excluding hydrogens is 309 g/mol. The van der Waals surface area contributed by atoms with Crippen LogP contribution in [0.25, 0.3) is 0 Å². The Labute approximate surface area is 113 Å². The number of carbonyl (C=O) groups is 2. The van der Waals surface area contributed by atoms with Crippen LogP contribution in [-0.4, -0.2) is 41.1 Å². The SMILES string of the molecule is O=C(c1cccc(B(O)O)c1C(=O)C(F)(F)F)C(F)(F)F. The average molecular weight is 314 g/mol. The van der Waals surface area contributed by atoms with Crippen LogP contribution in [0.5, 0.6) is 0 Å². The largest absolute Gasteiger partial charge is 0.489 e. The third kappa shape index (κ3) is 3.61. The fourth-order valence-electron chi connectivity index (χ4n) is 1.52.